The van der Waals surface area contributed by atoms with E-state index >= 15 is 0 Å². The molecule has 5 heteroatoms. The number of benzene rings is 1. The van der Waals surface area contributed by atoms with Crippen molar-refractivity contribution in [3.63, 3.8) is 0 Å². The lowest BCUT2D eigenvalue weighted by Crippen LogP contribution is -2.35. The molecular weight excluding hydrogens is 256 g/mol. The molecule has 1 heterocycles. The second-order valence-electron chi connectivity index (χ2n) is 4.93. The number of para-hydroxylation sites is 1. The van der Waals surface area contributed by atoms with Gasteiger partial charge in [-0.1, -0.05) is 25.0 Å². The maximum absolute atomic E-state index is 4.54. The van der Waals surface area contributed by atoms with Crippen LogP contribution in [0.1, 0.15) is 25.7 Å². The third-order valence-electron chi connectivity index (χ3n) is 3.68. The highest BCUT2D eigenvalue weighted by Crippen LogP contribution is 2.28. The van der Waals surface area contributed by atoms with Crippen molar-refractivity contribution in [1.29, 1.82) is 0 Å². The Kier molecular flexibility index (Phi) is 3.82. The summed E-state index contributed by atoms with van der Waals surface area (Å²) in [6, 6.07) is 8.31. The molecule has 0 bridgehead atoms. The highest BCUT2D eigenvalue weighted by atomic mass is 32.2. The van der Waals surface area contributed by atoms with E-state index in [0.29, 0.717) is 17.2 Å². The van der Waals surface area contributed by atoms with Crippen LogP contribution in [0.15, 0.2) is 24.3 Å². The van der Waals surface area contributed by atoms with Crippen molar-refractivity contribution in [1.82, 2.24) is 15.2 Å². The molecule has 19 heavy (non-hydrogen) atoms. The molecule has 2 atom stereocenters. The van der Waals surface area contributed by atoms with Crippen LogP contribution in [0.4, 0.5) is 5.95 Å². The molecule has 4 nitrogen and oxygen atoms in total. The van der Waals surface area contributed by atoms with Crippen molar-refractivity contribution < 1.29 is 0 Å². The molecule has 0 saturated heterocycles. The number of fused-ring (bicyclic) bond motifs is 1. The summed E-state index contributed by atoms with van der Waals surface area (Å²) >= 11 is 1.94. The van der Waals surface area contributed by atoms with Crippen molar-refractivity contribution in [2.75, 3.05) is 11.6 Å². The van der Waals surface area contributed by atoms with Crippen LogP contribution in [0.25, 0.3) is 11.0 Å². The van der Waals surface area contributed by atoms with Crippen LogP contribution in [0.5, 0.6) is 0 Å². The first-order valence-corrected chi connectivity index (χ1v) is 8.04. The van der Waals surface area contributed by atoms with Gasteiger partial charge in [-0.2, -0.15) is 11.8 Å². The lowest BCUT2D eigenvalue weighted by Gasteiger charge is -2.30. The molecule has 1 aliphatic carbocycles. The monoisotopic (exact) mass is 274 g/mol. The molecule has 1 fully saturated rings. The first-order valence-electron chi connectivity index (χ1n) is 6.75. The minimum absolute atomic E-state index is 0.465. The number of aromatic nitrogens is 3. The fraction of sp³-hybridized carbons (Fsp3) is 0.500. The number of hydrogen-bond acceptors (Lipinski definition) is 5. The minimum atomic E-state index is 0.465. The summed E-state index contributed by atoms with van der Waals surface area (Å²) in [5, 5.41) is 12.5. The van der Waals surface area contributed by atoms with E-state index in [1.807, 2.05) is 36.0 Å². The van der Waals surface area contributed by atoms with Gasteiger partial charge < -0.3 is 5.32 Å². The van der Waals surface area contributed by atoms with Crippen LogP contribution in [0.3, 0.4) is 0 Å². The summed E-state index contributed by atoms with van der Waals surface area (Å²) in [7, 11) is 0. The Morgan fingerprint density at radius 2 is 1.89 bits per heavy atom. The number of rotatable bonds is 3. The molecule has 0 amide bonds. The van der Waals surface area contributed by atoms with Gasteiger partial charge in [0, 0.05) is 11.3 Å². The predicted molar refractivity (Wildman–Crippen MR) is 80.5 cm³/mol. The second kappa shape index (κ2) is 5.74. The van der Waals surface area contributed by atoms with Gasteiger partial charge in [0.2, 0.25) is 5.95 Å². The molecule has 1 saturated carbocycles. The Morgan fingerprint density at radius 1 is 1.11 bits per heavy atom. The standard InChI is InChI=1S/C14H18N4S/c1-19-13-9-5-4-8-12(13)16-14-15-10-6-2-3-7-11(10)17-18-14/h2-3,6-7,12-13H,4-5,8-9H2,1H3,(H,15,16,18). The smallest absolute Gasteiger partial charge is 0.243 e. The van der Waals surface area contributed by atoms with Gasteiger partial charge in [0.25, 0.3) is 0 Å². The third-order valence-corrected chi connectivity index (χ3v) is 4.85. The number of thioether (sulfide) groups is 1. The molecule has 0 spiro atoms. The average molecular weight is 274 g/mol. The van der Waals surface area contributed by atoms with Crippen molar-refractivity contribution in [2.45, 2.75) is 37.0 Å². The van der Waals surface area contributed by atoms with E-state index in [1.165, 1.54) is 25.7 Å². The molecule has 2 unspecified atom stereocenters. The largest absolute Gasteiger partial charge is 0.349 e. The lowest BCUT2D eigenvalue weighted by atomic mass is 9.95. The molecule has 1 N–H and O–H groups in total. The van der Waals surface area contributed by atoms with Crippen molar-refractivity contribution in [2.24, 2.45) is 0 Å². The summed E-state index contributed by atoms with van der Waals surface area (Å²) in [5.41, 5.74) is 1.75. The molecule has 0 aliphatic heterocycles. The van der Waals surface area contributed by atoms with Crippen LogP contribution in [0, 0.1) is 0 Å². The van der Waals surface area contributed by atoms with Gasteiger partial charge in [0.15, 0.2) is 0 Å². The van der Waals surface area contributed by atoms with Crippen molar-refractivity contribution in [3.05, 3.63) is 24.3 Å². The summed E-state index contributed by atoms with van der Waals surface area (Å²) < 4.78 is 0. The molecular formula is C14H18N4S. The van der Waals surface area contributed by atoms with Crippen LogP contribution in [0.2, 0.25) is 0 Å². The molecule has 1 aliphatic rings. The third kappa shape index (κ3) is 2.81. The Labute approximate surface area is 117 Å². The normalized spacial score (nSPS) is 23.4. The summed E-state index contributed by atoms with van der Waals surface area (Å²) in [6.07, 6.45) is 7.28. The van der Waals surface area contributed by atoms with Crippen LogP contribution < -0.4 is 5.32 Å². The predicted octanol–water partition coefficient (Wildman–Crippen LogP) is 3.11. The lowest BCUT2D eigenvalue weighted by molar-refractivity contribution is 0.473. The van der Waals surface area contributed by atoms with Gasteiger partial charge in [-0.15, -0.1) is 10.2 Å². The molecule has 1 aromatic carbocycles. The Bertz CT molecular complexity index is 560. The van der Waals surface area contributed by atoms with Gasteiger partial charge in [-0.25, -0.2) is 4.98 Å². The zero-order chi connectivity index (χ0) is 13.1. The number of anilines is 1. The Morgan fingerprint density at radius 3 is 2.74 bits per heavy atom. The fourth-order valence-corrected chi connectivity index (χ4v) is 3.59. The average Bonchev–Trinajstić information content (AvgIpc) is 2.48. The molecule has 100 valence electrons. The molecule has 3 rings (SSSR count). The topological polar surface area (TPSA) is 50.7 Å². The summed E-state index contributed by atoms with van der Waals surface area (Å²) in [4.78, 5) is 4.54. The van der Waals surface area contributed by atoms with E-state index in [2.05, 4.69) is 26.8 Å². The van der Waals surface area contributed by atoms with Crippen LogP contribution in [-0.4, -0.2) is 32.7 Å². The van der Waals surface area contributed by atoms with E-state index in [-0.39, 0.29) is 0 Å². The van der Waals surface area contributed by atoms with Gasteiger partial charge in [0.05, 0.1) is 5.52 Å². The van der Waals surface area contributed by atoms with Gasteiger partial charge in [0.1, 0.15) is 5.52 Å². The van der Waals surface area contributed by atoms with E-state index in [4.69, 9.17) is 0 Å². The maximum atomic E-state index is 4.54. The van der Waals surface area contributed by atoms with Gasteiger partial charge in [-0.05, 0) is 31.2 Å². The Balaban J connectivity index is 1.80. The van der Waals surface area contributed by atoms with Crippen LogP contribution >= 0.6 is 11.8 Å². The van der Waals surface area contributed by atoms with Gasteiger partial charge >= 0.3 is 0 Å². The van der Waals surface area contributed by atoms with E-state index in [1.54, 1.807) is 0 Å². The van der Waals surface area contributed by atoms with E-state index in [9.17, 15) is 0 Å². The summed E-state index contributed by atoms with van der Waals surface area (Å²) in [5.74, 6) is 0.657. The summed E-state index contributed by atoms with van der Waals surface area (Å²) in [6.45, 7) is 0. The zero-order valence-electron chi connectivity index (χ0n) is 11.0. The molecule has 0 radical (unpaired) electrons. The number of hydrogen-bond donors (Lipinski definition) is 1. The zero-order valence-corrected chi connectivity index (χ0v) is 11.9. The van der Waals surface area contributed by atoms with Gasteiger partial charge in [-0.3, -0.25) is 0 Å². The second-order valence-corrected chi connectivity index (χ2v) is 6.01. The first-order chi connectivity index (χ1) is 9.36. The maximum Gasteiger partial charge on any atom is 0.243 e. The van der Waals surface area contributed by atoms with Crippen LogP contribution in [-0.2, 0) is 0 Å². The highest BCUT2D eigenvalue weighted by molar-refractivity contribution is 7.99. The highest BCUT2D eigenvalue weighted by Gasteiger charge is 2.24. The Hall–Kier alpha value is -1.36. The molecule has 2 aromatic rings. The quantitative estimate of drug-likeness (QED) is 0.932. The van der Waals surface area contributed by atoms with E-state index < -0.39 is 0 Å². The molecule has 1 aromatic heterocycles. The fourth-order valence-electron chi connectivity index (χ4n) is 2.65. The van der Waals surface area contributed by atoms with Crippen molar-refractivity contribution >= 4 is 28.7 Å². The SMILES string of the molecule is CSC1CCCCC1Nc1nnc2ccccc2n1. The number of nitrogens with zero attached hydrogens (tertiary/aromatic N) is 3. The van der Waals surface area contributed by atoms with Crippen molar-refractivity contribution in [3.8, 4) is 0 Å². The number of nitrogens with one attached hydrogen (secondary N) is 1. The van der Waals surface area contributed by atoms with E-state index in [0.717, 1.165) is 11.0 Å². The minimum Gasteiger partial charge on any atom is -0.349 e. The first kappa shape index (κ1) is 12.7.